The molecule has 104 valence electrons. The first-order valence-electron chi connectivity index (χ1n) is 6.28. The van der Waals surface area contributed by atoms with Crippen LogP contribution in [0.4, 0.5) is 0 Å². The third kappa shape index (κ3) is 2.84. The topological polar surface area (TPSA) is 94.9 Å². The summed E-state index contributed by atoms with van der Waals surface area (Å²) < 4.78 is 25.4. The van der Waals surface area contributed by atoms with Gasteiger partial charge < -0.3 is 10.2 Å². The van der Waals surface area contributed by atoms with E-state index in [1.807, 2.05) is 0 Å². The van der Waals surface area contributed by atoms with Crippen molar-refractivity contribution in [1.29, 1.82) is 0 Å². The second kappa shape index (κ2) is 5.14. The molecule has 1 saturated heterocycles. The molecule has 0 aromatic heterocycles. The number of rotatable bonds is 5. The molecule has 1 heterocycles. The molecule has 0 aromatic carbocycles. The Morgan fingerprint density at radius 2 is 2.00 bits per heavy atom. The summed E-state index contributed by atoms with van der Waals surface area (Å²) >= 11 is 0. The maximum Gasteiger partial charge on any atom is 0.303 e. The van der Waals surface area contributed by atoms with Gasteiger partial charge in [0.15, 0.2) is 0 Å². The van der Waals surface area contributed by atoms with E-state index >= 15 is 0 Å². The standard InChI is InChI=1S/C11H19NO5S/c13-10-4-3-8-6-12(7-9(8)10)18(16,17)5-1-2-11(14)15/h8-10,13H,1-7H2,(H,14,15). The van der Waals surface area contributed by atoms with E-state index in [0.29, 0.717) is 13.1 Å². The van der Waals surface area contributed by atoms with Crippen molar-refractivity contribution in [3.63, 3.8) is 0 Å². The zero-order valence-electron chi connectivity index (χ0n) is 10.2. The predicted octanol–water partition coefficient (Wildman–Crippen LogP) is -0.116. The summed E-state index contributed by atoms with van der Waals surface area (Å²) in [6.07, 6.45) is 1.29. The Bertz CT molecular complexity index is 421. The van der Waals surface area contributed by atoms with Gasteiger partial charge in [0.25, 0.3) is 0 Å². The summed E-state index contributed by atoms with van der Waals surface area (Å²) in [7, 11) is -3.36. The van der Waals surface area contributed by atoms with E-state index in [1.54, 1.807) is 0 Å². The van der Waals surface area contributed by atoms with Crippen LogP contribution in [0.3, 0.4) is 0 Å². The lowest BCUT2D eigenvalue weighted by atomic mass is 10.00. The second-order valence-electron chi connectivity index (χ2n) is 5.20. The van der Waals surface area contributed by atoms with Gasteiger partial charge in [-0.2, -0.15) is 0 Å². The molecule has 2 aliphatic rings. The minimum Gasteiger partial charge on any atom is -0.481 e. The third-order valence-corrected chi connectivity index (χ3v) is 5.86. The Kier molecular flexibility index (Phi) is 3.93. The van der Waals surface area contributed by atoms with E-state index in [1.165, 1.54) is 4.31 Å². The summed E-state index contributed by atoms with van der Waals surface area (Å²) in [6.45, 7) is 0.873. The highest BCUT2D eigenvalue weighted by atomic mass is 32.2. The molecule has 1 aliphatic heterocycles. The number of hydrogen-bond acceptors (Lipinski definition) is 4. The Morgan fingerprint density at radius 1 is 1.28 bits per heavy atom. The number of carboxylic acid groups (broad SMARTS) is 1. The highest BCUT2D eigenvalue weighted by Gasteiger charge is 2.45. The van der Waals surface area contributed by atoms with Gasteiger partial charge in [-0.3, -0.25) is 4.79 Å². The molecule has 1 aliphatic carbocycles. The number of hydrogen-bond donors (Lipinski definition) is 2. The number of carbonyl (C=O) groups is 1. The van der Waals surface area contributed by atoms with E-state index in [-0.39, 0.29) is 36.5 Å². The predicted molar refractivity (Wildman–Crippen MR) is 64.5 cm³/mol. The van der Waals surface area contributed by atoms with E-state index < -0.39 is 16.0 Å². The van der Waals surface area contributed by atoms with Crippen molar-refractivity contribution in [2.45, 2.75) is 31.8 Å². The molecule has 0 amide bonds. The minimum absolute atomic E-state index is 0.0687. The molecule has 0 bridgehead atoms. The summed E-state index contributed by atoms with van der Waals surface area (Å²) in [5.74, 6) is -0.748. The van der Waals surface area contributed by atoms with Crippen molar-refractivity contribution in [2.75, 3.05) is 18.8 Å². The van der Waals surface area contributed by atoms with Crippen LogP contribution >= 0.6 is 0 Å². The van der Waals surface area contributed by atoms with E-state index in [2.05, 4.69) is 0 Å². The van der Waals surface area contributed by atoms with Crippen LogP contribution in [0.1, 0.15) is 25.7 Å². The SMILES string of the molecule is O=C(O)CCCS(=O)(=O)N1CC2CCC(O)C2C1. The smallest absolute Gasteiger partial charge is 0.303 e. The maximum atomic E-state index is 12.0. The largest absolute Gasteiger partial charge is 0.481 e. The molecule has 0 spiro atoms. The Labute approximate surface area is 107 Å². The number of sulfonamides is 1. The van der Waals surface area contributed by atoms with Gasteiger partial charge in [0.2, 0.25) is 10.0 Å². The van der Waals surface area contributed by atoms with Gasteiger partial charge in [-0.05, 0) is 25.2 Å². The number of fused-ring (bicyclic) bond motifs is 1. The Hall–Kier alpha value is -0.660. The fourth-order valence-electron chi connectivity index (χ4n) is 2.96. The van der Waals surface area contributed by atoms with Gasteiger partial charge in [-0.25, -0.2) is 12.7 Å². The van der Waals surface area contributed by atoms with E-state index in [4.69, 9.17) is 5.11 Å². The average molecular weight is 277 g/mol. The lowest BCUT2D eigenvalue weighted by Crippen LogP contribution is -2.33. The number of aliphatic hydroxyl groups excluding tert-OH is 1. The molecular formula is C11H19NO5S. The summed E-state index contributed by atoms with van der Waals surface area (Å²) in [5.41, 5.74) is 0. The van der Waals surface area contributed by atoms with Crippen molar-refractivity contribution in [2.24, 2.45) is 11.8 Å². The quantitative estimate of drug-likeness (QED) is 0.730. The van der Waals surface area contributed by atoms with Crippen LogP contribution in [-0.4, -0.2) is 53.9 Å². The van der Waals surface area contributed by atoms with Crippen LogP contribution < -0.4 is 0 Å². The first-order chi connectivity index (χ1) is 8.40. The molecule has 3 unspecified atom stereocenters. The van der Waals surface area contributed by atoms with Crippen molar-refractivity contribution >= 4 is 16.0 Å². The lowest BCUT2D eigenvalue weighted by Gasteiger charge is -2.17. The van der Waals surface area contributed by atoms with Crippen LogP contribution in [0.25, 0.3) is 0 Å². The fraction of sp³-hybridized carbons (Fsp3) is 0.909. The molecule has 2 fully saturated rings. The summed E-state index contributed by atoms with van der Waals surface area (Å²) in [5, 5.41) is 18.2. The van der Waals surface area contributed by atoms with Crippen LogP contribution in [-0.2, 0) is 14.8 Å². The molecular weight excluding hydrogens is 258 g/mol. The minimum atomic E-state index is -3.36. The van der Waals surface area contributed by atoms with Crippen LogP contribution in [0, 0.1) is 11.8 Å². The number of carboxylic acids is 1. The van der Waals surface area contributed by atoms with Crippen molar-refractivity contribution < 1.29 is 23.4 Å². The van der Waals surface area contributed by atoms with Crippen LogP contribution in [0.2, 0.25) is 0 Å². The molecule has 0 aromatic rings. The van der Waals surface area contributed by atoms with Crippen LogP contribution in [0.15, 0.2) is 0 Å². The Morgan fingerprint density at radius 3 is 2.61 bits per heavy atom. The first kappa shape index (κ1) is 13.8. The van der Waals surface area contributed by atoms with Crippen molar-refractivity contribution in [3.8, 4) is 0 Å². The highest BCUT2D eigenvalue weighted by Crippen LogP contribution is 2.39. The van der Waals surface area contributed by atoms with Crippen molar-refractivity contribution in [3.05, 3.63) is 0 Å². The number of nitrogens with zero attached hydrogens (tertiary/aromatic N) is 1. The molecule has 18 heavy (non-hydrogen) atoms. The second-order valence-corrected chi connectivity index (χ2v) is 7.29. The highest BCUT2D eigenvalue weighted by molar-refractivity contribution is 7.89. The number of aliphatic carboxylic acids is 1. The van der Waals surface area contributed by atoms with Crippen LogP contribution in [0.5, 0.6) is 0 Å². The monoisotopic (exact) mass is 277 g/mol. The molecule has 6 nitrogen and oxygen atoms in total. The first-order valence-corrected chi connectivity index (χ1v) is 7.89. The molecule has 0 radical (unpaired) electrons. The van der Waals surface area contributed by atoms with Gasteiger partial charge in [-0.15, -0.1) is 0 Å². The van der Waals surface area contributed by atoms with Gasteiger partial charge in [0, 0.05) is 25.4 Å². The summed E-state index contributed by atoms with van der Waals surface area (Å²) in [4.78, 5) is 10.4. The Balaban J connectivity index is 1.90. The molecule has 7 heteroatoms. The van der Waals surface area contributed by atoms with Gasteiger partial charge in [0.05, 0.1) is 11.9 Å². The molecule has 1 saturated carbocycles. The zero-order chi connectivity index (χ0) is 13.3. The third-order valence-electron chi connectivity index (χ3n) is 3.97. The zero-order valence-corrected chi connectivity index (χ0v) is 11.0. The number of aliphatic hydroxyl groups is 1. The molecule has 2 rings (SSSR count). The van der Waals surface area contributed by atoms with E-state index in [9.17, 15) is 18.3 Å². The average Bonchev–Trinajstić information content (AvgIpc) is 2.81. The normalized spacial score (nSPS) is 32.6. The summed E-state index contributed by atoms with van der Waals surface area (Å²) in [6, 6.07) is 0. The van der Waals surface area contributed by atoms with Crippen molar-refractivity contribution in [1.82, 2.24) is 4.31 Å². The molecule has 2 N–H and O–H groups in total. The van der Waals surface area contributed by atoms with Gasteiger partial charge in [-0.1, -0.05) is 0 Å². The van der Waals surface area contributed by atoms with Gasteiger partial charge >= 0.3 is 5.97 Å². The van der Waals surface area contributed by atoms with E-state index in [0.717, 1.165) is 12.8 Å². The molecule has 3 atom stereocenters. The lowest BCUT2D eigenvalue weighted by molar-refractivity contribution is -0.137. The van der Waals surface area contributed by atoms with Gasteiger partial charge in [0.1, 0.15) is 0 Å². The fourth-order valence-corrected chi connectivity index (χ4v) is 4.54. The maximum absolute atomic E-state index is 12.0.